The van der Waals surface area contributed by atoms with Gasteiger partial charge < -0.3 is 18.9 Å². The highest BCUT2D eigenvalue weighted by Crippen LogP contribution is 2.51. The van der Waals surface area contributed by atoms with E-state index >= 15 is 0 Å². The maximum absolute atomic E-state index is 11.5. The number of ketones is 1. The molecule has 0 N–H and O–H groups in total. The molecule has 3 fully saturated rings. The Morgan fingerprint density at radius 2 is 1.86 bits per heavy atom. The lowest BCUT2D eigenvalue weighted by Gasteiger charge is -2.41. The molecule has 5 heteroatoms. The molecule has 1 aliphatic carbocycles. The summed E-state index contributed by atoms with van der Waals surface area (Å²) in [7, 11) is 0. The molecular formula is C17H20O5. The number of hydrogen-bond donors (Lipinski definition) is 0. The molecule has 4 rings (SSSR count). The molecule has 118 valence electrons. The summed E-state index contributed by atoms with van der Waals surface area (Å²) in [4.78, 5) is 11.5. The van der Waals surface area contributed by atoms with Gasteiger partial charge in [-0.3, -0.25) is 4.79 Å². The molecule has 3 aliphatic rings. The Bertz CT molecular complexity index is 574. The van der Waals surface area contributed by atoms with Crippen molar-refractivity contribution in [2.45, 2.75) is 63.2 Å². The first kappa shape index (κ1) is 14.3. The molecule has 2 heterocycles. The van der Waals surface area contributed by atoms with Crippen LogP contribution in [0.4, 0.5) is 0 Å². The lowest BCUT2D eigenvalue weighted by Crippen LogP contribution is -2.55. The quantitative estimate of drug-likeness (QED) is 0.856. The molecule has 0 amide bonds. The van der Waals surface area contributed by atoms with E-state index in [1.54, 1.807) is 0 Å². The van der Waals surface area contributed by atoms with Crippen LogP contribution in [0.2, 0.25) is 0 Å². The van der Waals surface area contributed by atoms with Gasteiger partial charge in [0.1, 0.15) is 23.6 Å². The number of ether oxygens (including phenoxy) is 4. The standard InChI is InChI=1S/C17H20O5/c1-16(2)20-13-14(19-10-11-6-4-3-5-7-11)17(8-12(18)9-17)22-15(13)21-16/h3-7,13-15H,8-10H2,1-2H3/t13-,14-,15+/m1/s1. The summed E-state index contributed by atoms with van der Waals surface area (Å²) in [6.07, 6.45) is -0.257. The lowest BCUT2D eigenvalue weighted by molar-refractivity contribution is -0.254. The second-order valence-corrected chi connectivity index (χ2v) is 6.76. The molecule has 0 aromatic heterocycles. The molecule has 1 aromatic rings. The molecular weight excluding hydrogens is 284 g/mol. The summed E-state index contributed by atoms with van der Waals surface area (Å²) >= 11 is 0. The van der Waals surface area contributed by atoms with E-state index in [0.717, 1.165) is 5.56 Å². The van der Waals surface area contributed by atoms with E-state index in [2.05, 4.69) is 0 Å². The van der Waals surface area contributed by atoms with Crippen molar-refractivity contribution in [2.75, 3.05) is 0 Å². The Morgan fingerprint density at radius 3 is 2.55 bits per heavy atom. The van der Waals surface area contributed by atoms with Crippen molar-refractivity contribution in [3.63, 3.8) is 0 Å². The van der Waals surface area contributed by atoms with E-state index in [9.17, 15) is 4.79 Å². The van der Waals surface area contributed by atoms with Gasteiger partial charge in [-0.2, -0.15) is 0 Å². The molecule has 2 aliphatic heterocycles. The zero-order valence-corrected chi connectivity index (χ0v) is 12.8. The summed E-state index contributed by atoms with van der Waals surface area (Å²) in [6.45, 7) is 4.20. The van der Waals surface area contributed by atoms with Crippen LogP contribution in [0, 0.1) is 0 Å². The number of carbonyl (C=O) groups is 1. The molecule has 1 spiro atoms. The Morgan fingerprint density at radius 1 is 1.14 bits per heavy atom. The molecule has 0 bridgehead atoms. The van der Waals surface area contributed by atoms with Crippen molar-refractivity contribution in [3.05, 3.63) is 35.9 Å². The molecule has 2 saturated heterocycles. The lowest BCUT2D eigenvalue weighted by atomic mass is 9.74. The van der Waals surface area contributed by atoms with Crippen molar-refractivity contribution in [1.29, 1.82) is 0 Å². The minimum absolute atomic E-state index is 0.201. The summed E-state index contributed by atoms with van der Waals surface area (Å²) in [5.41, 5.74) is 0.516. The van der Waals surface area contributed by atoms with Crippen LogP contribution in [-0.4, -0.2) is 35.7 Å². The monoisotopic (exact) mass is 304 g/mol. The van der Waals surface area contributed by atoms with E-state index in [1.165, 1.54) is 0 Å². The van der Waals surface area contributed by atoms with E-state index < -0.39 is 17.7 Å². The smallest absolute Gasteiger partial charge is 0.190 e. The van der Waals surface area contributed by atoms with Gasteiger partial charge in [0.25, 0.3) is 0 Å². The van der Waals surface area contributed by atoms with E-state index in [1.807, 2.05) is 44.2 Å². The van der Waals surface area contributed by atoms with Crippen LogP contribution >= 0.6 is 0 Å². The average Bonchev–Trinajstić information content (AvgIpc) is 2.86. The molecule has 0 unspecified atom stereocenters. The fourth-order valence-corrected chi connectivity index (χ4v) is 3.56. The molecule has 3 atom stereocenters. The van der Waals surface area contributed by atoms with E-state index in [-0.39, 0.29) is 18.0 Å². The van der Waals surface area contributed by atoms with Crippen molar-refractivity contribution in [2.24, 2.45) is 0 Å². The highest BCUT2D eigenvalue weighted by atomic mass is 16.8. The zero-order valence-electron chi connectivity index (χ0n) is 12.8. The molecule has 1 saturated carbocycles. The first-order valence-electron chi connectivity index (χ1n) is 7.68. The van der Waals surface area contributed by atoms with Gasteiger partial charge in [0.2, 0.25) is 0 Å². The number of fused-ring (bicyclic) bond motifs is 1. The van der Waals surface area contributed by atoms with Gasteiger partial charge in [-0.05, 0) is 19.4 Å². The van der Waals surface area contributed by atoms with Gasteiger partial charge in [0.05, 0.1) is 6.61 Å². The second-order valence-electron chi connectivity index (χ2n) is 6.76. The first-order chi connectivity index (χ1) is 10.5. The molecule has 0 radical (unpaired) electrons. The normalized spacial score (nSPS) is 34.6. The third-order valence-corrected chi connectivity index (χ3v) is 4.52. The Hall–Kier alpha value is -1.27. The third-order valence-electron chi connectivity index (χ3n) is 4.52. The molecule has 5 nitrogen and oxygen atoms in total. The van der Waals surface area contributed by atoms with Gasteiger partial charge in [0, 0.05) is 12.8 Å². The number of benzene rings is 1. The van der Waals surface area contributed by atoms with Crippen LogP contribution in [0.5, 0.6) is 0 Å². The zero-order chi connectivity index (χ0) is 15.4. The van der Waals surface area contributed by atoms with Gasteiger partial charge in [-0.25, -0.2) is 0 Å². The predicted octanol–water partition coefficient (Wildman–Crippen LogP) is 2.18. The summed E-state index contributed by atoms with van der Waals surface area (Å²) in [5.74, 6) is -0.480. The average molecular weight is 304 g/mol. The van der Waals surface area contributed by atoms with Gasteiger partial charge in [-0.15, -0.1) is 0 Å². The highest BCUT2D eigenvalue weighted by molar-refractivity contribution is 5.87. The Labute approximate surface area is 129 Å². The Balaban J connectivity index is 1.52. The maximum atomic E-state index is 11.5. The minimum Gasteiger partial charge on any atom is -0.368 e. The van der Waals surface area contributed by atoms with Crippen LogP contribution in [0.15, 0.2) is 30.3 Å². The number of rotatable bonds is 3. The number of hydrogen-bond acceptors (Lipinski definition) is 5. The second kappa shape index (κ2) is 4.86. The van der Waals surface area contributed by atoms with Crippen LogP contribution in [0.1, 0.15) is 32.3 Å². The summed E-state index contributed by atoms with van der Waals surface area (Å²) in [5, 5.41) is 0. The van der Waals surface area contributed by atoms with E-state index in [4.69, 9.17) is 18.9 Å². The fourth-order valence-electron chi connectivity index (χ4n) is 3.56. The topological polar surface area (TPSA) is 54.0 Å². The van der Waals surface area contributed by atoms with Crippen molar-refractivity contribution in [1.82, 2.24) is 0 Å². The highest BCUT2D eigenvalue weighted by Gasteiger charge is 2.66. The van der Waals surface area contributed by atoms with Crippen LogP contribution < -0.4 is 0 Å². The first-order valence-corrected chi connectivity index (χ1v) is 7.68. The van der Waals surface area contributed by atoms with Gasteiger partial charge in [0.15, 0.2) is 12.1 Å². The van der Waals surface area contributed by atoms with Crippen LogP contribution in [0.25, 0.3) is 0 Å². The molecule has 22 heavy (non-hydrogen) atoms. The fraction of sp³-hybridized carbons (Fsp3) is 0.588. The van der Waals surface area contributed by atoms with E-state index in [0.29, 0.717) is 19.4 Å². The minimum atomic E-state index is -0.681. The number of carbonyl (C=O) groups excluding carboxylic acids is 1. The summed E-state index contributed by atoms with van der Waals surface area (Å²) < 4.78 is 23.9. The molecule has 1 aromatic carbocycles. The maximum Gasteiger partial charge on any atom is 0.190 e. The largest absolute Gasteiger partial charge is 0.368 e. The van der Waals surface area contributed by atoms with Crippen LogP contribution in [-0.2, 0) is 30.3 Å². The SMILES string of the molecule is CC1(C)O[C@H]2OC3(CC(=O)C3)[C@H](OCc3ccccc3)[C@H]2O1. The third kappa shape index (κ3) is 2.29. The van der Waals surface area contributed by atoms with Gasteiger partial charge in [-0.1, -0.05) is 30.3 Å². The van der Waals surface area contributed by atoms with Gasteiger partial charge >= 0.3 is 0 Å². The van der Waals surface area contributed by atoms with Crippen molar-refractivity contribution < 1.29 is 23.7 Å². The Kier molecular flexibility index (Phi) is 3.17. The predicted molar refractivity (Wildman–Crippen MR) is 76.9 cm³/mol. The van der Waals surface area contributed by atoms with Crippen LogP contribution in [0.3, 0.4) is 0 Å². The van der Waals surface area contributed by atoms with Crippen molar-refractivity contribution >= 4 is 5.78 Å². The number of Topliss-reactive ketones (excluding diaryl/α,β-unsaturated/α-hetero) is 1. The van der Waals surface area contributed by atoms with Crippen molar-refractivity contribution in [3.8, 4) is 0 Å². The summed E-state index contributed by atoms with van der Waals surface area (Å²) in [6, 6.07) is 9.96.